The Morgan fingerprint density at radius 3 is 2.30 bits per heavy atom. The quantitative estimate of drug-likeness (QED) is 0.0864. The van der Waals surface area contributed by atoms with Crippen molar-refractivity contribution in [1.82, 2.24) is 38.7 Å². The van der Waals surface area contributed by atoms with E-state index in [9.17, 15) is 23.6 Å². The molecule has 0 radical (unpaired) electrons. The predicted molar refractivity (Wildman–Crippen MR) is 221 cm³/mol. The fourth-order valence-electron chi connectivity index (χ4n) is 7.34. The van der Waals surface area contributed by atoms with Crippen LogP contribution in [0.1, 0.15) is 85.3 Å². The number of hydrogen-bond donors (Lipinski definition) is 4. The van der Waals surface area contributed by atoms with Gasteiger partial charge in [0, 0.05) is 44.4 Å². The summed E-state index contributed by atoms with van der Waals surface area (Å²) in [7, 11) is 1.58. The molecule has 21 heteroatoms. The number of fused-ring (bicyclic) bond motifs is 1. The van der Waals surface area contributed by atoms with Crippen LogP contribution in [0.4, 0.5) is 16.3 Å². The number of nitrogens with one attached hydrogen (secondary N) is 2. The number of methoxy groups -OCH3 is 1. The second kappa shape index (κ2) is 17.5. The van der Waals surface area contributed by atoms with Crippen molar-refractivity contribution in [2.75, 3.05) is 44.2 Å². The maximum atomic E-state index is 13.9. The second-order valence-corrected chi connectivity index (χ2v) is 15.0. The summed E-state index contributed by atoms with van der Waals surface area (Å²) in [5.74, 6) is -1.30. The summed E-state index contributed by atoms with van der Waals surface area (Å²) in [6, 6.07) is 7.34. The summed E-state index contributed by atoms with van der Waals surface area (Å²) in [5.41, 5.74) is 15.1. The average molecular weight is 892 g/mol. The monoisotopic (exact) mass is 890 g/mol. The molecule has 7 rings (SSSR count). The number of amides is 4. The van der Waals surface area contributed by atoms with Gasteiger partial charge in [-0.05, 0) is 79.9 Å². The molecule has 4 aromatic heterocycles. The van der Waals surface area contributed by atoms with Crippen molar-refractivity contribution in [3.05, 3.63) is 68.7 Å². The van der Waals surface area contributed by atoms with E-state index in [2.05, 4.69) is 36.8 Å². The first kappa shape index (κ1) is 41.8. The molecule has 0 unspecified atom stereocenters. The number of primary amides is 2. The Balaban J connectivity index is 1.25. The van der Waals surface area contributed by atoms with Gasteiger partial charge in [0.05, 0.1) is 46.1 Å². The summed E-state index contributed by atoms with van der Waals surface area (Å²) in [6.45, 7) is 6.09. The lowest BCUT2D eigenvalue weighted by Crippen LogP contribution is -2.26. The van der Waals surface area contributed by atoms with Crippen molar-refractivity contribution < 1.29 is 37.8 Å². The van der Waals surface area contributed by atoms with E-state index in [1.165, 1.54) is 16.8 Å². The largest absolute Gasteiger partial charge is 0.491 e. The van der Waals surface area contributed by atoms with Crippen LogP contribution >= 0.6 is 15.9 Å². The van der Waals surface area contributed by atoms with Crippen molar-refractivity contribution >= 4 is 73.5 Å². The number of anilines is 2. The number of alkyl halides is 1. The summed E-state index contributed by atoms with van der Waals surface area (Å²) >= 11 is 3.51. The van der Waals surface area contributed by atoms with Crippen LogP contribution in [-0.2, 0) is 24.4 Å². The Kier molecular flexibility index (Phi) is 12.2. The lowest BCUT2D eigenvalue weighted by Gasteiger charge is -2.27. The number of ether oxygens (including phenoxy) is 3. The number of halogens is 2. The third-order valence-corrected chi connectivity index (χ3v) is 11.0. The number of imidazole rings is 2. The second-order valence-electron chi connectivity index (χ2n) is 14.2. The zero-order chi connectivity index (χ0) is 42.8. The Morgan fingerprint density at radius 2 is 1.60 bits per heavy atom. The van der Waals surface area contributed by atoms with Crippen molar-refractivity contribution in [2.24, 2.45) is 11.5 Å². The summed E-state index contributed by atoms with van der Waals surface area (Å²) in [4.78, 5) is 61.8. The van der Waals surface area contributed by atoms with Gasteiger partial charge >= 0.3 is 0 Å². The molecule has 5 heterocycles. The highest BCUT2D eigenvalue weighted by atomic mass is 79.9. The first-order chi connectivity index (χ1) is 28.8. The predicted octanol–water partition coefficient (Wildman–Crippen LogP) is 4.68. The Hall–Kier alpha value is -6.35. The van der Waals surface area contributed by atoms with Crippen LogP contribution in [0.15, 0.2) is 34.8 Å². The maximum Gasteiger partial charge on any atom is 0.277 e. The molecule has 0 saturated carbocycles. The van der Waals surface area contributed by atoms with Crippen molar-refractivity contribution in [3.8, 4) is 11.5 Å². The van der Waals surface area contributed by atoms with Gasteiger partial charge in [0.25, 0.3) is 11.8 Å². The third kappa shape index (κ3) is 8.13. The molecule has 1 atom stereocenters. The molecule has 1 aliphatic heterocycles. The fraction of sp³-hybridized carbons (Fsp3) is 0.385. The number of rotatable bonds is 18. The zero-order valence-electron chi connectivity index (χ0n) is 33.4. The van der Waals surface area contributed by atoms with Gasteiger partial charge in [0.2, 0.25) is 23.7 Å². The molecule has 6 N–H and O–H groups in total. The Labute approximate surface area is 350 Å². The third-order valence-electron chi connectivity index (χ3n) is 10.0. The van der Waals surface area contributed by atoms with Crippen LogP contribution in [0.2, 0.25) is 0 Å². The van der Waals surface area contributed by atoms with Crippen LogP contribution < -0.4 is 31.6 Å². The molecule has 0 spiro atoms. The first-order valence-electron chi connectivity index (χ1n) is 19.2. The number of hydrogen-bond acceptors (Lipinski definition) is 11. The van der Waals surface area contributed by atoms with Gasteiger partial charge in [-0.1, -0.05) is 0 Å². The zero-order valence-corrected chi connectivity index (χ0v) is 35.0. The molecule has 60 heavy (non-hydrogen) atoms. The van der Waals surface area contributed by atoms with Gasteiger partial charge in [-0.15, -0.1) is 0 Å². The maximum absolute atomic E-state index is 13.9. The number of benzene rings is 2. The topological polar surface area (TPSA) is 243 Å². The molecule has 4 amide bonds. The van der Waals surface area contributed by atoms with Gasteiger partial charge in [0.1, 0.15) is 47.2 Å². The highest BCUT2D eigenvalue weighted by molar-refractivity contribution is 9.10. The molecule has 0 aliphatic carbocycles. The molecule has 2 aromatic carbocycles. The number of carbonyl (C=O) groups excluding carboxylic acids is 4. The average Bonchev–Trinajstić information content (AvgIpc) is 3.95. The van der Waals surface area contributed by atoms with E-state index < -0.39 is 30.3 Å². The molecule has 1 aliphatic rings. The first-order valence-corrected chi connectivity index (χ1v) is 20.0. The lowest BCUT2D eigenvalue weighted by atomic mass is 10.1. The van der Waals surface area contributed by atoms with Crippen molar-refractivity contribution in [1.29, 1.82) is 0 Å². The molecule has 316 valence electrons. The minimum absolute atomic E-state index is 0.117. The van der Waals surface area contributed by atoms with Gasteiger partial charge in [-0.25, -0.2) is 14.4 Å². The molecule has 0 saturated heterocycles. The minimum Gasteiger partial charge on any atom is -0.491 e. The van der Waals surface area contributed by atoms with Crippen LogP contribution in [0.3, 0.4) is 0 Å². The Morgan fingerprint density at radius 1 is 0.900 bits per heavy atom. The van der Waals surface area contributed by atoms with Crippen molar-refractivity contribution in [2.45, 2.75) is 65.7 Å². The summed E-state index contributed by atoms with van der Waals surface area (Å²) < 4.78 is 38.1. The number of aryl methyl sites for hydroxylation is 5. The van der Waals surface area contributed by atoms with E-state index in [0.29, 0.717) is 87.5 Å². The summed E-state index contributed by atoms with van der Waals surface area (Å²) in [5, 5.41) is 14.5. The molecular formula is C39H44BrFN12O7. The van der Waals surface area contributed by atoms with Gasteiger partial charge < -0.3 is 34.8 Å². The van der Waals surface area contributed by atoms with Crippen LogP contribution in [0, 0.1) is 13.8 Å². The molecule has 6 aromatic rings. The normalized spacial score (nSPS) is 13.5. The van der Waals surface area contributed by atoms with Gasteiger partial charge in [0.15, 0.2) is 0 Å². The van der Waals surface area contributed by atoms with E-state index >= 15 is 0 Å². The number of nitrogens with two attached hydrogens (primary N) is 2. The fourth-order valence-corrected chi connectivity index (χ4v) is 7.80. The molecule has 0 bridgehead atoms. The number of nitrogens with zero attached hydrogens (tertiary/aromatic N) is 8. The highest BCUT2D eigenvalue weighted by Gasteiger charge is 2.31. The standard InChI is InChI=1S/C39H44BrFN12O7/c1-5-51-33(30(40)21(3)49-51)37(57)47-39-45-26-16-23(35(43)55)18-29-32(26)53(39)24(19-60-29)8-6-10-50-31-25(15-22(34(42)54)17-28(31)59-13-7-12-58-4)44-38(50)46-36(56)27-14-20(2)48-52(27)11-9-41/h14-18,24H,5-13,19H2,1-4H3,(H2,42,54)(H2,43,55)(H,44,46,56)(H,45,47,57)/t24-/m0/s1. The highest BCUT2D eigenvalue weighted by Crippen LogP contribution is 2.39. The van der Waals surface area contributed by atoms with E-state index in [4.69, 9.17) is 35.6 Å². The smallest absolute Gasteiger partial charge is 0.277 e. The van der Waals surface area contributed by atoms with Crippen molar-refractivity contribution in [3.63, 3.8) is 0 Å². The molecule has 19 nitrogen and oxygen atoms in total. The minimum atomic E-state index is -0.726. The van der Waals surface area contributed by atoms with Crippen LogP contribution in [-0.4, -0.2) is 95.9 Å². The molecule has 0 fully saturated rings. The van der Waals surface area contributed by atoms with Crippen LogP contribution in [0.25, 0.3) is 22.1 Å². The van der Waals surface area contributed by atoms with Gasteiger partial charge in [-0.3, -0.25) is 39.2 Å². The SMILES string of the molecule is CCn1nc(C)c(Br)c1C(=O)Nc1nc2cc(C(N)=O)cc3c2n1[C@@H](CCCn1c(NC(=O)c2cc(C)nn2CCF)nc2cc(C(N)=O)cc(OCCCOC)c21)CO3. The summed E-state index contributed by atoms with van der Waals surface area (Å²) in [6.07, 6.45) is 1.46. The molecular weight excluding hydrogens is 847 g/mol. The van der Waals surface area contributed by atoms with Gasteiger partial charge in [-0.2, -0.15) is 10.2 Å². The number of carbonyl (C=O) groups is 4. The Bertz CT molecular complexity index is 2650. The van der Waals surface area contributed by atoms with E-state index in [0.717, 1.165) is 0 Å². The van der Waals surface area contributed by atoms with E-state index in [1.807, 2.05) is 11.5 Å². The van der Waals surface area contributed by atoms with Crippen LogP contribution in [0.5, 0.6) is 11.5 Å². The van der Waals surface area contributed by atoms with E-state index in [-0.39, 0.29) is 61.1 Å². The lowest BCUT2D eigenvalue weighted by molar-refractivity contribution is 0.0991. The van der Waals surface area contributed by atoms with E-state index in [1.54, 1.807) is 48.4 Å². The number of aromatic nitrogens is 8.